The number of halogens is 1. The van der Waals surface area contributed by atoms with Gasteiger partial charge in [-0.25, -0.2) is 0 Å². The van der Waals surface area contributed by atoms with Crippen LogP contribution in [0.5, 0.6) is 11.5 Å². The molecule has 0 radical (unpaired) electrons. The minimum Gasteiger partial charge on any atom is -0.493 e. The van der Waals surface area contributed by atoms with Crippen LogP contribution in [0.25, 0.3) is 6.08 Å². The van der Waals surface area contributed by atoms with Crippen molar-refractivity contribution in [3.8, 4) is 11.5 Å². The van der Waals surface area contributed by atoms with Crippen molar-refractivity contribution in [3.63, 3.8) is 0 Å². The Balaban J connectivity index is 2.22. The minimum absolute atomic E-state index is 0.403. The van der Waals surface area contributed by atoms with Crippen LogP contribution in [0.15, 0.2) is 53.1 Å². The van der Waals surface area contributed by atoms with Crippen molar-refractivity contribution >= 4 is 22.0 Å². The number of nitro groups is 1. The maximum absolute atomic E-state index is 10.4. The summed E-state index contributed by atoms with van der Waals surface area (Å²) in [5.41, 5.74) is 1.68. The SMILES string of the molecule is COc1cc(/C=C/[N+](=O)[O-])cc(Br)c1OCc1ccccc1. The third-order valence-corrected chi connectivity index (χ3v) is 3.46. The fraction of sp³-hybridized carbons (Fsp3) is 0.125. The van der Waals surface area contributed by atoms with Gasteiger partial charge >= 0.3 is 0 Å². The summed E-state index contributed by atoms with van der Waals surface area (Å²) in [7, 11) is 1.53. The van der Waals surface area contributed by atoms with E-state index in [1.807, 2.05) is 30.3 Å². The first-order chi connectivity index (χ1) is 10.6. The highest BCUT2D eigenvalue weighted by Crippen LogP contribution is 2.37. The zero-order valence-corrected chi connectivity index (χ0v) is 13.4. The molecule has 0 spiro atoms. The molecule has 0 amide bonds. The summed E-state index contributed by atoms with van der Waals surface area (Å²) in [5, 5.41) is 10.4. The van der Waals surface area contributed by atoms with Crippen molar-refractivity contribution in [1.29, 1.82) is 0 Å². The van der Waals surface area contributed by atoms with E-state index in [-0.39, 0.29) is 0 Å². The molecular weight excluding hydrogens is 350 g/mol. The molecule has 2 rings (SSSR count). The van der Waals surface area contributed by atoms with Gasteiger partial charge in [0.25, 0.3) is 0 Å². The van der Waals surface area contributed by atoms with Crippen molar-refractivity contribution in [2.45, 2.75) is 6.61 Å². The zero-order valence-electron chi connectivity index (χ0n) is 11.9. The first-order valence-corrected chi connectivity index (χ1v) is 7.25. The fourth-order valence-corrected chi connectivity index (χ4v) is 2.43. The third-order valence-electron chi connectivity index (χ3n) is 2.87. The van der Waals surface area contributed by atoms with Crippen molar-refractivity contribution in [2.24, 2.45) is 0 Å². The molecule has 0 fully saturated rings. The Bertz CT molecular complexity index is 686. The average molecular weight is 364 g/mol. The normalized spacial score (nSPS) is 10.6. The topological polar surface area (TPSA) is 61.6 Å². The van der Waals surface area contributed by atoms with Gasteiger partial charge in [0.2, 0.25) is 6.20 Å². The number of nitrogens with zero attached hydrogens (tertiary/aromatic N) is 1. The summed E-state index contributed by atoms with van der Waals surface area (Å²) in [6.45, 7) is 0.403. The van der Waals surface area contributed by atoms with Crippen molar-refractivity contribution in [2.75, 3.05) is 7.11 Å². The van der Waals surface area contributed by atoms with Gasteiger partial charge in [0.15, 0.2) is 11.5 Å². The Kier molecular flexibility index (Phi) is 5.55. The molecule has 2 aromatic rings. The van der Waals surface area contributed by atoms with E-state index in [0.29, 0.717) is 28.1 Å². The van der Waals surface area contributed by atoms with Crippen LogP contribution in [0.1, 0.15) is 11.1 Å². The summed E-state index contributed by atoms with van der Waals surface area (Å²) >= 11 is 3.41. The Morgan fingerprint density at radius 3 is 2.64 bits per heavy atom. The van der Waals surface area contributed by atoms with E-state index in [2.05, 4.69) is 15.9 Å². The molecule has 114 valence electrons. The monoisotopic (exact) mass is 363 g/mol. The molecular formula is C16H14BrNO4. The molecule has 22 heavy (non-hydrogen) atoms. The molecule has 2 aromatic carbocycles. The number of rotatable bonds is 6. The van der Waals surface area contributed by atoms with Gasteiger partial charge in [-0.3, -0.25) is 10.1 Å². The molecule has 0 saturated heterocycles. The molecule has 0 aliphatic rings. The smallest absolute Gasteiger partial charge is 0.235 e. The second-order valence-corrected chi connectivity index (χ2v) is 5.26. The lowest BCUT2D eigenvalue weighted by Crippen LogP contribution is -1.99. The van der Waals surface area contributed by atoms with Crippen molar-refractivity contribution in [3.05, 3.63) is 74.4 Å². The standard InChI is InChI=1S/C16H14BrNO4/c1-21-15-10-13(7-8-18(19)20)9-14(17)16(15)22-11-12-5-3-2-4-6-12/h2-10H,11H2,1H3/b8-7+. The van der Waals surface area contributed by atoms with E-state index in [9.17, 15) is 10.1 Å². The van der Waals surface area contributed by atoms with E-state index in [1.54, 1.807) is 12.1 Å². The van der Waals surface area contributed by atoms with E-state index in [1.165, 1.54) is 13.2 Å². The summed E-state index contributed by atoms with van der Waals surface area (Å²) in [6.07, 6.45) is 2.28. The average Bonchev–Trinajstić information content (AvgIpc) is 2.52. The molecule has 0 saturated carbocycles. The molecule has 5 nitrogen and oxygen atoms in total. The molecule has 6 heteroatoms. The molecule has 0 unspecified atom stereocenters. The van der Waals surface area contributed by atoms with Gasteiger partial charge in [-0.1, -0.05) is 30.3 Å². The van der Waals surface area contributed by atoms with Gasteiger partial charge in [0, 0.05) is 6.08 Å². The zero-order chi connectivity index (χ0) is 15.9. The molecule has 0 aromatic heterocycles. The van der Waals surface area contributed by atoms with Crippen LogP contribution in [0, 0.1) is 10.1 Å². The molecule has 0 aliphatic heterocycles. The van der Waals surface area contributed by atoms with Crippen LogP contribution in [-0.4, -0.2) is 12.0 Å². The van der Waals surface area contributed by atoms with Gasteiger partial charge in [-0.05, 0) is 39.2 Å². The van der Waals surface area contributed by atoms with Crippen LogP contribution in [-0.2, 0) is 6.61 Å². The van der Waals surface area contributed by atoms with E-state index >= 15 is 0 Å². The van der Waals surface area contributed by atoms with Crippen LogP contribution >= 0.6 is 15.9 Å². The molecule has 0 aliphatic carbocycles. The van der Waals surface area contributed by atoms with Crippen LogP contribution in [0.4, 0.5) is 0 Å². The minimum atomic E-state index is -0.514. The second-order valence-electron chi connectivity index (χ2n) is 4.41. The summed E-state index contributed by atoms with van der Waals surface area (Å²) in [6, 6.07) is 13.2. The largest absolute Gasteiger partial charge is 0.493 e. The highest BCUT2D eigenvalue weighted by atomic mass is 79.9. The summed E-state index contributed by atoms with van der Waals surface area (Å²) < 4.78 is 11.8. The third kappa shape index (κ3) is 4.33. The number of benzene rings is 2. The van der Waals surface area contributed by atoms with E-state index in [4.69, 9.17) is 9.47 Å². The summed E-state index contributed by atoms with van der Waals surface area (Å²) in [5.74, 6) is 1.07. The Labute approximate surface area is 136 Å². The van der Waals surface area contributed by atoms with E-state index in [0.717, 1.165) is 11.8 Å². The van der Waals surface area contributed by atoms with Crippen LogP contribution < -0.4 is 9.47 Å². The first kappa shape index (κ1) is 16.0. The number of methoxy groups -OCH3 is 1. The first-order valence-electron chi connectivity index (χ1n) is 6.46. The quantitative estimate of drug-likeness (QED) is 0.567. The molecule has 0 atom stereocenters. The van der Waals surface area contributed by atoms with E-state index < -0.39 is 4.92 Å². The Morgan fingerprint density at radius 2 is 2.00 bits per heavy atom. The maximum atomic E-state index is 10.4. The highest BCUT2D eigenvalue weighted by Gasteiger charge is 2.11. The van der Waals surface area contributed by atoms with Crippen LogP contribution in [0.2, 0.25) is 0 Å². The van der Waals surface area contributed by atoms with Crippen molar-refractivity contribution in [1.82, 2.24) is 0 Å². The number of ether oxygens (including phenoxy) is 2. The van der Waals surface area contributed by atoms with Gasteiger partial charge in [-0.15, -0.1) is 0 Å². The number of hydrogen-bond donors (Lipinski definition) is 0. The Morgan fingerprint density at radius 1 is 1.27 bits per heavy atom. The van der Waals surface area contributed by atoms with Crippen molar-refractivity contribution < 1.29 is 14.4 Å². The Hall–Kier alpha value is -2.34. The maximum Gasteiger partial charge on any atom is 0.235 e. The molecule has 0 bridgehead atoms. The highest BCUT2D eigenvalue weighted by molar-refractivity contribution is 9.10. The predicted molar refractivity (Wildman–Crippen MR) is 87.5 cm³/mol. The molecule has 0 heterocycles. The van der Waals surface area contributed by atoms with Gasteiger partial charge in [-0.2, -0.15) is 0 Å². The number of hydrogen-bond acceptors (Lipinski definition) is 4. The van der Waals surface area contributed by atoms with Gasteiger partial charge < -0.3 is 9.47 Å². The summed E-state index contributed by atoms with van der Waals surface area (Å²) in [4.78, 5) is 9.88. The van der Waals surface area contributed by atoms with Gasteiger partial charge in [0.1, 0.15) is 6.61 Å². The predicted octanol–water partition coefficient (Wildman–Crippen LogP) is 4.28. The molecule has 0 N–H and O–H groups in total. The second kappa shape index (κ2) is 7.61. The van der Waals surface area contributed by atoms with Gasteiger partial charge in [0.05, 0.1) is 16.5 Å². The lowest BCUT2D eigenvalue weighted by atomic mass is 10.2. The van der Waals surface area contributed by atoms with Crippen LogP contribution in [0.3, 0.4) is 0 Å². The lowest BCUT2D eigenvalue weighted by molar-refractivity contribution is -0.400. The lowest BCUT2D eigenvalue weighted by Gasteiger charge is -2.13. The fourth-order valence-electron chi connectivity index (χ4n) is 1.85.